The number of benzene rings is 1. The quantitative estimate of drug-likeness (QED) is 0.588. The Bertz CT molecular complexity index is 390. The maximum Gasteiger partial charge on any atom is 0.507 e. The number of rotatable bonds is 2. The predicted molar refractivity (Wildman–Crippen MR) is 51.4 cm³/mol. The van der Waals surface area contributed by atoms with Crippen LogP contribution >= 0.6 is 0 Å². The number of amides is 1. The summed E-state index contributed by atoms with van der Waals surface area (Å²) in [5.41, 5.74) is 0.653. The Hall–Kier alpha value is -2.04. The van der Waals surface area contributed by atoms with Gasteiger partial charge in [-0.25, -0.2) is 4.79 Å². The standard InChI is InChI=1S/C10H9NO4/c12-8-6-9(15-10(13)14)11(8)7-4-2-1-3-5-7/h1-5,9H,6H2,(H,13,14)/t9-/m0/s1. The van der Waals surface area contributed by atoms with E-state index in [1.165, 1.54) is 4.90 Å². The van der Waals surface area contributed by atoms with E-state index in [1.54, 1.807) is 24.3 Å². The molecule has 0 saturated carbocycles. The first-order valence-electron chi connectivity index (χ1n) is 4.45. The second-order valence-electron chi connectivity index (χ2n) is 3.14. The lowest BCUT2D eigenvalue weighted by Gasteiger charge is -2.38. The first-order chi connectivity index (χ1) is 7.18. The Kier molecular flexibility index (Phi) is 2.29. The first-order valence-corrected chi connectivity index (χ1v) is 4.45. The molecule has 1 heterocycles. The lowest BCUT2D eigenvalue weighted by atomic mass is 10.1. The summed E-state index contributed by atoms with van der Waals surface area (Å²) in [6, 6.07) is 8.84. The summed E-state index contributed by atoms with van der Waals surface area (Å²) in [7, 11) is 0. The fraction of sp³-hybridized carbons (Fsp3) is 0.200. The molecule has 0 spiro atoms. The molecule has 1 amide bonds. The van der Waals surface area contributed by atoms with E-state index < -0.39 is 12.4 Å². The van der Waals surface area contributed by atoms with E-state index in [0.717, 1.165) is 0 Å². The van der Waals surface area contributed by atoms with Gasteiger partial charge in [0.2, 0.25) is 5.91 Å². The molecule has 0 aromatic heterocycles. The molecule has 5 nitrogen and oxygen atoms in total. The predicted octanol–water partition coefficient (Wildman–Crippen LogP) is 1.44. The van der Waals surface area contributed by atoms with Gasteiger partial charge in [0.1, 0.15) is 0 Å². The molecule has 1 aromatic carbocycles. The molecule has 0 radical (unpaired) electrons. The molecule has 1 fully saturated rings. The van der Waals surface area contributed by atoms with Gasteiger partial charge in [0, 0.05) is 5.69 Å². The summed E-state index contributed by atoms with van der Waals surface area (Å²) in [6.07, 6.45) is -1.94. The van der Waals surface area contributed by atoms with Crippen molar-refractivity contribution in [2.75, 3.05) is 4.90 Å². The molecule has 1 saturated heterocycles. The van der Waals surface area contributed by atoms with Gasteiger partial charge in [-0.3, -0.25) is 9.69 Å². The number of carboxylic acid groups (broad SMARTS) is 1. The van der Waals surface area contributed by atoms with E-state index in [9.17, 15) is 9.59 Å². The van der Waals surface area contributed by atoms with Crippen LogP contribution in [0.1, 0.15) is 6.42 Å². The summed E-state index contributed by atoms with van der Waals surface area (Å²) in [5, 5.41) is 8.44. The zero-order valence-corrected chi connectivity index (χ0v) is 7.79. The van der Waals surface area contributed by atoms with Crippen LogP contribution in [0.4, 0.5) is 10.5 Å². The third-order valence-corrected chi connectivity index (χ3v) is 2.18. The molecule has 1 aromatic rings. The van der Waals surface area contributed by atoms with Gasteiger partial charge < -0.3 is 9.84 Å². The summed E-state index contributed by atoms with van der Waals surface area (Å²) in [5.74, 6) is -0.132. The molecule has 15 heavy (non-hydrogen) atoms. The minimum absolute atomic E-state index is 0.112. The van der Waals surface area contributed by atoms with Crippen molar-refractivity contribution in [3.63, 3.8) is 0 Å². The highest BCUT2D eigenvalue weighted by atomic mass is 16.7. The largest absolute Gasteiger partial charge is 0.507 e. The molecule has 1 aliphatic heterocycles. The monoisotopic (exact) mass is 207 g/mol. The number of ether oxygens (including phenoxy) is 1. The Morgan fingerprint density at radius 3 is 2.60 bits per heavy atom. The summed E-state index contributed by atoms with van der Waals surface area (Å²) in [6.45, 7) is 0. The molecule has 0 unspecified atom stereocenters. The second-order valence-corrected chi connectivity index (χ2v) is 3.14. The lowest BCUT2D eigenvalue weighted by Crippen LogP contribution is -2.54. The van der Waals surface area contributed by atoms with E-state index in [-0.39, 0.29) is 12.3 Å². The Morgan fingerprint density at radius 2 is 2.07 bits per heavy atom. The highest BCUT2D eigenvalue weighted by Crippen LogP contribution is 2.28. The number of hydrogen-bond acceptors (Lipinski definition) is 3. The lowest BCUT2D eigenvalue weighted by molar-refractivity contribution is -0.130. The normalized spacial score (nSPS) is 19.6. The van der Waals surface area contributed by atoms with E-state index in [0.29, 0.717) is 5.69 Å². The number of β-lactam (4-membered cyclic amide) rings is 1. The van der Waals surface area contributed by atoms with Crippen molar-refractivity contribution in [1.29, 1.82) is 0 Å². The van der Waals surface area contributed by atoms with Crippen molar-refractivity contribution in [3.8, 4) is 0 Å². The maximum absolute atomic E-state index is 11.3. The van der Waals surface area contributed by atoms with E-state index in [2.05, 4.69) is 4.74 Å². The molecule has 1 N–H and O–H groups in total. The smallest absolute Gasteiger partial charge is 0.450 e. The first kappa shape index (κ1) is 9.51. The summed E-state index contributed by atoms with van der Waals surface area (Å²) in [4.78, 5) is 22.9. The van der Waals surface area contributed by atoms with Crippen molar-refractivity contribution >= 4 is 17.7 Å². The number of carbonyl (C=O) groups is 2. The van der Waals surface area contributed by atoms with Gasteiger partial charge in [-0.15, -0.1) is 0 Å². The van der Waals surface area contributed by atoms with Gasteiger partial charge in [-0.2, -0.15) is 0 Å². The van der Waals surface area contributed by atoms with Crippen LogP contribution < -0.4 is 4.90 Å². The van der Waals surface area contributed by atoms with Crippen LogP contribution in [0, 0.1) is 0 Å². The molecular weight excluding hydrogens is 198 g/mol. The van der Waals surface area contributed by atoms with Gasteiger partial charge in [0.25, 0.3) is 0 Å². The zero-order valence-electron chi connectivity index (χ0n) is 7.79. The number of nitrogens with zero attached hydrogens (tertiary/aromatic N) is 1. The van der Waals surface area contributed by atoms with E-state index >= 15 is 0 Å². The van der Waals surface area contributed by atoms with Crippen LogP contribution in [-0.2, 0) is 9.53 Å². The minimum atomic E-state index is -1.37. The van der Waals surface area contributed by atoms with Gasteiger partial charge in [0.05, 0.1) is 6.42 Å². The van der Waals surface area contributed by atoms with E-state index in [1.807, 2.05) is 6.07 Å². The topological polar surface area (TPSA) is 66.8 Å². The second kappa shape index (κ2) is 3.61. The van der Waals surface area contributed by atoms with Crippen LogP contribution in [0.15, 0.2) is 30.3 Å². The highest BCUT2D eigenvalue weighted by Gasteiger charge is 2.40. The Labute approximate surface area is 85.9 Å². The number of carbonyl (C=O) groups excluding carboxylic acids is 1. The minimum Gasteiger partial charge on any atom is -0.450 e. The van der Waals surface area contributed by atoms with Crippen LogP contribution in [0.25, 0.3) is 0 Å². The third-order valence-electron chi connectivity index (χ3n) is 2.18. The van der Waals surface area contributed by atoms with Gasteiger partial charge in [0.15, 0.2) is 6.23 Å². The summed E-state index contributed by atoms with van der Waals surface area (Å²) >= 11 is 0. The molecule has 0 bridgehead atoms. The van der Waals surface area contributed by atoms with Crippen LogP contribution in [-0.4, -0.2) is 23.4 Å². The average Bonchev–Trinajstić information content (AvgIpc) is 2.17. The average molecular weight is 207 g/mol. The zero-order chi connectivity index (χ0) is 10.8. The van der Waals surface area contributed by atoms with Crippen molar-refractivity contribution in [2.45, 2.75) is 12.6 Å². The third kappa shape index (κ3) is 1.76. The number of anilines is 1. The van der Waals surface area contributed by atoms with Crippen LogP contribution in [0.2, 0.25) is 0 Å². The summed E-state index contributed by atoms with van der Waals surface area (Å²) < 4.78 is 4.55. The van der Waals surface area contributed by atoms with Crippen LogP contribution in [0.3, 0.4) is 0 Å². The van der Waals surface area contributed by atoms with Crippen molar-refractivity contribution < 1.29 is 19.4 Å². The van der Waals surface area contributed by atoms with E-state index in [4.69, 9.17) is 5.11 Å². The number of hydrogen-bond donors (Lipinski definition) is 1. The van der Waals surface area contributed by atoms with Gasteiger partial charge >= 0.3 is 6.16 Å². The SMILES string of the molecule is O=C(O)O[C@H]1CC(=O)N1c1ccccc1. The fourth-order valence-electron chi connectivity index (χ4n) is 1.50. The fourth-order valence-corrected chi connectivity index (χ4v) is 1.50. The maximum atomic E-state index is 11.3. The molecule has 0 aliphatic carbocycles. The molecule has 2 rings (SSSR count). The van der Waals surface area contributed by atoms with Gasteiger partial charge in [-0.1, -0.05) is 18.2 Å². The highest BCUT2D eigenvalue weighted by molar-refractivity contribution is 6.00. The van der Waals surface area contributed by atoms with Crippen molar-refractivity contribution in [3.05, 3.63) is 30.3 Å². The van der Waals surface area contributed by atoms with Crippen LogP contribution in [0.5, 0.6) is 0 Å². The van der Waals surface area contributed by atoms with Gasteiger partial charge in [-0.05, 0) is 12.1 Å². The molecular formula is C10H9NO4. The Balaban J connectivity index is 2.14. The van der Waals surface area contributed by atoms with Crippen molar-refractivity contribution in [1.82, 2.24) is 0 Å². The Morgan fingerprint density at radius 1 is 1.40 bits per heavy atom. The number of para-hydroxylation sites is 1. The molecule has 5 heteroatoms. The molecule has 78 valence electrons. The molecule has 1 atom stereocenters. The molecule has 1 aliphatic rings. The van der Waals surface area contributed by atoms with Crippen molar-refractivity contribution in [2.24, 2.45) is 0 Å².